The lowest BCUT2D eigenvalue weighted by molar-refractivity contribution is -0.123. The van der Waals surface area contributed by atoms with Crippen LogP contribution < -0.4 is 5.32 Å². The summed E-state index contributed by atoms with van der Waals surface area (Å²) in [4.78, 5) is 12.2. The number of halogens is 1. The highest BCUT2D eigenvalue weighted by Gasteiger charge is 2.35. The van der Waals surface area contributed by atoms with E-state index in [1.807, 2.05) is 6.07 Å². The highest BCUT2D eigenvalue weighted by atomic mass is 35.5. The summed E-state index contributed by atoms with van der Waals surface area (Å²) in [6, 6.07) is 8.65. The van der Waals surface area contributed by atoms with Gasteiger partial charge in [0.1, 0.15) is 11.5 Å². The first-order chi connectivity index (χ1) is 9.02. The van der Waals surface area contributed by atoms with Crippen LogP contribution in [-0.2, 0) is 4.79 Å². The van der Waals surface area contributed by atoms with Gasteiger partial charge in [-0.2, -0.15) is 10.5 Å². The van der Waals surface area contributed by atoms with Crippen molar-refractivity contribution >= 4 is 23.2 Å². The van der Waals surface area contributed by atoms with Gasteiger partial charge >= 0.3 is 0 Å². The Balaban J connectivity index is 2.98. The number of carbonyl (C=O) groups is 1. The molecule has 0 saturated heterocycles. The maximum Gasteiger partial charge on any atom is 0.244 e. The Bertz CT molecular complexity index is 565. The van der Waals surface area contributed by atoms with Gasteiger partial charge in [0.2, 0.25) is 5.91 Å². The summed E-state index contributed by atoms with van der Waals surface area (Å²) in [5.41, 5.74) is -0.201. The van der Waals surface area contributed by atoms with E-state index < -0.39 is 5.41 Å². The summed E-state index contributed by atoms with van der Waals surface area (Å²) in [5.74, 6) is -0.347. The van der Waals surface area contributed by atoms with Crippen molar-refractivity contribution in [1.82, 2.24) is 0 Å². The molecule has 0 heterocycles. The number of benzene rings is 1. The Labute approximate surface area is 117 Å². The SMILES string of the molecule is CCC(C#N)(CC)C(=O)Nc1ccc(C#N)c(Cl)c1. The van der Waals surface area contributed by atoms with Crippen molar-refractivity contribution in [2.24, 2.45) is 5.41 Å². The van der Waals surface area contributed by atoms with Crippen molar-refractivity contribution in [3.05, 3.63) is 28.8 Å². The third kappa shape index (κ3) is 3.05. The number of nitriles is 2. The van der Waals surface area contributed by atoms with Crippen LogP contribution in [0.15, 0.2) is 18.2 Å². The van der Waals surface area contributed by atoms with E-state index in [0.717, 1.165) is 0 Å². The van der Waals surface area contributed by atoms with Gasteiger partial charge in [-0.3, -0.25) is 4.79 Å². The minimum absolute atomic E-state index is 0.274. The molecule has 0 aliphatic carbocycles. The van der Waals surface area contributed by atoms with E-state index in [9.17, 15) is 10.1 Å². The summed E-state index contributed by atoms with van der Waals surface area (Å²) < 4.78 is 0. The molecule has 1 rings (SSSR count). The minimum Gasteiger partial charge on any atom is -0.325 e. The molecule has 0 fully saturated rings. The van der Waals surface area contributed by atoms with Crippen LogP contribution in [0.3, 0.4) is 0 Å². The molecule has 98 valence electrons. The molecule has 5 heteroatoms. The Hall–Kier alpha value is -2.04. The van der Waals surface area contributed by atoms with Crippen LogP contribution in [0.25, 0.3) is 0 Å². The van der Waals surface area contributed by atoms with E-state index in [-0.39, 0.29) is 10.9 Å². The smallest absolute Gasteiger partial charge is 0.244 e. The van der Waals surface area contributed by atoms with Crippen molar-refractivity contribution in [2.45, 2.75) is 26.7 Å². The van der Waals surface area contributed by atoms with Crippen LogP contribution in [-0.4, -0.2) is 5.91 Å². The minimum atomic E-state index is -1.03. The lowest BCUT2D eigenvalue weighted by atomic mass is 9.83. The molecule has 1 amide bonds. The van der Waals surface area contributed by atoms with E-state index in [2.05, 4.69) is 11.4 Å². The summed E-state index contributed by atoms with van der Waals surface area (Å²) in [6.07, 6.45) is 0.881. The van der Waals surface area contributed by atoms with E-state index in [1.54, 1.807) is 19.9 Å². The third-order valence-electron chi connectivity index (χ3n) is 3.20. The van der Waals surface area contributed by atoms with E-state index >= 15 is 0 Å². The normalized spacial score (nSPS) is 10.4. The molecular formula is C14H14ClN3O. The highest BCUT2D eigenvalue weighted by molar-refractivity contribution is 6.32. The molecule has 19 heavy (non-hydrogen) atoms. The molecule has 0 atom stereocenters. The lowest BCUT2D eigenvalue weighted by Crippen LogP contribution is -2.33. The van der Waals surface area contributed by atoms with Gasteiger partial charge in [0, 0.05) is 5.69 Å². The molecule has 1 aromatic carbocycles. The molecule has 0 unspecified atom stereocenters. The van der Waals surface area contributed by atoms with Crippen LogP contribution in [0, 0.1) is 28.1 Å². The second-order valence-corrected chi connectivity index (χ2v) is 4.57. The van der Waals surface area contributed by atoms with Gasteiger partial charge in [0.15, 0.2) is 0 Å². The van der Waals surface area contributed by atoms with Crippen LogP contribution in [0.4, 0.5) is 5.69 Å². The predicted octanol–water partition coefficient (Wildman–Crippen LogP) is 3.48. The summed E-state index contributed by atoms with van der Waals surface area (Å²) in [5, 5.41) is 20.9. The average Bonchev–Trinajstić information content (AvgIpc) is 2.41. The zero-order valence-corrected chi connectivity index (χ0v) is 11.6. The second kappa shape index (κ2) is 6.22. The topological polar surface area (TPSA) is 76.7 Å². The number of anilines is 1. The monoisotopic (exact) mass is 275 g/mol. The predicted molar refractivity (Wildman–Crippen MR) is 73.4 cm³/mol. The fourth-order valence-corrected chi connectivity index (χ4v) is 1.94. The first kappa shape index (κ1) is 15.0. The zero-order valence-electron chi connectivity index (χ0n) is 10.8. The molecule has 4 nitrogen and oxygen atoms in total. The van der Waals surface area contributed by atoms with E-state index in [4.69, 9.17) is 16.9 Å². The number of carbonyl (C=O) groups excluding carboxylic acids is 1. The lowest BCUT2D eigenvalue weighted by Gasteiger charge is -2.22. The standard InChI is InChI=1S/C14H14ClN3O/c1-3-14(4-2,9-17)13(19)18-11-6-5-10(8-16)12(15)7-11/h5-7H,3-4H2,1-2H3,(H,18,19). The zero-order chi connectivity index (χ0) is 14.5. The molecule has 1 N–H and O–H groups in total. The van der Waals surface area contributed by atoms with E-state index in [0.29, 0.717) is 24.1 Å². The molecule has 0 aliphatic rings. The van der Waals surface area contributed by atoms with Crippen molar-refractivity contribution in [2.75, 3.05) is 5.32 Å². The van der Waals surface area contributed by atoms with Crippen LogP contribution >= 0.6 is 11.6 Å². The maximum absolute atomic E-state index is 12.2. The van der Waals surface area contributed by atoms with Crippen LogP contribution in [0.1, 0.15) is 32.3 Å². The van der Waals surface area contributed by atoms with Crippen molar-refractivity contribution < 1.29 is 4.79 Å². The van der Waals surface area contributed by atoms with Gasteiger partial charge in [-0.1, -0.05) is 25.4 Å². The fraction of sp³-hybridized carbons (Fsp3) is 0.357. The quantitative estimate of drug-likeness (QED) is 0.914. The Morgan fingerprint density at radius 3 is 2.42 bits per heavy atom. The van der Waals surface area contributed by atoms with Gasteiger partial charge in [-0.05, 0) is 31.0 Å². The third-order valence-corrected chi connectivity index (χ3v) is 3.52. The van der Waals surface area contributed by atoms with Gasteiger partial charge < -0.3 is 5.32 Å². The molecule has 0 radical (unpaired) electrons. The largest absolute Gasteiger partial charge is 0.325 e. The summed E-state index contributed by atoms with van der Waals surface area (Å²) in [7, 11) is 0. The van der Waals surface area contributed by atoms with E-state index in [1.165, 1.54) is 12.1 Å². The van der Waals surface area contributed by atoms with Gasteiger partial charge in [-0.15, -0.1) is 0 Å². The number of rotatable bonds is 4. The maximum atomic E-state index is 12.2. The summed E-state index contributed by atoms with van der Waals surface area (Å²) >= 11 is 5.89. The van der Waals surface area contributed by atoms with Crippen molar-refractivity contribution in [3.63, 3.8) is 0 Å². The Kier molecular flexibility index (Phi) is 4.92. The molecule has 1 aromatic rings. The molecule has 0 aliphatic heterocycles. The Morgan fingerprint density at radius 2 is 2.00 bits per heavy atom. The second-order valence-electron chi connectivity index (χ2n) is 4.16. The average molecular weight is 276 g/mol. The number of nitrogens with one attached hydrogen (secondary N) is 1. The van der Waals surface area contributed by atoms with Gasteiger partial charge in [0.25, 0.3) is 0 Å². The first-order valence-corrected chi connectivity index (χ1v) is 6.33. The van der Waals surface area contributed by atoms with Gasteiger partial charge in [-0.25, -0.2) is 0 Å². The molecule has 0 spiro atoms. The first-order valence-electron chi connectivity index (χ1n) is 5.95. The molecular weight excluding hydrogens is 262 g/mol. The number of hydrogen-bond acceptors (Lipinski definition) is 3. The molecule has 0 aromatic heterocycles. The fourth-order valence-electron chi connectivity index (χ4n) is 1.71. The highest BCUT2D eigenvalue weighted by Crippen LogP contribution is 2.28. The molecule has 0 saturated carbocycles. The number of hydrogen-bond donors (Lipinski definition) is 1. The summed E-state index contributed by atoms with van der Waals surface area (Å²) in [6.45, 7) is 3.61. The molecule has 0 bridgehead atoms. The number of nitrogens with zero attached hydrogens (tertiary/aromatic N) is 2. The van der Waals surface area contributed by atoms with Crippen LogP contribution in [0.5, 0.6) is 0 Å². The number of amides is 1. The van der Waals surface area contributed by atoms with Gasteiger partial charge in [0.05, 0.1) is 16.7 Å². The van der Waals surface area contributed by atoms with Crippen molar-refractivity contribution in [3.8, 4) is 12.1 Å². The van der Waals surface area contributed by atoms with Crippen LogP contribution in [0.2, 0.25) is 5.02 Å². The Morgan fingerprint density at radius 1 is 1.37 bits per heavy atom. The van der Waals surface area contributed by atoms with Crippen molar-refractivity contribution in [1.29, 1.82) is 10.5 Å².